The number of allylic oxidation sites excluding steroid dienone is 1. The number of nitrogens with one attached hydrogen (secondary N) is 1. The van der Waals surface area contributed by atoms with Gasteiger partial charge in [0, 0.05) is 12.6 Å². The summed E-state index contributed by atoms with van der Waals surface area (Å²) >= 11 is 0. The number of hydrogen-bond donors (Lipinski definition) is 1. The zero-order valence-electron chi connectivity index (χ0n) is 8.65. The topological polar surface area (TPSA) is 70.0 Å². The lowest BCUT2D eigenvalue weighted by atomic mass is 10.1. The van der Waals surface area contributed by atoms with Crippen molar-refractivity contribution in [2.75, 3.05) is 5.32 Å². The maximum absolute atomic E-state index is 10.8. The molecule has 1 aromatic rings. The van der Waals surface area contributed by atoms with Crippen LogP contribution < -0.4 is 5.32 Å². The number of benzene rings is 1. The minimum Gasteiger partial charge on any atom is -0.326 e. The molecule has 0 heterocycles. The van der Waals surface area contributed by atoms with Gasteiger partial charge in [-0.15, -0.1) is 0 Å². The maximum atomic E-state index is 10.8. The SMILES string of the molecule is CC(=O)Nc1ccc(/C=C(/[C]=O)C#N)cc1. The molecule has 0 saturated carbocycles. The average Bonchev–Trinajstić information content (AvgIpc) is 2.27. The van der Waals surface area contributed by atoms with E-state index in [0.29, 0.717) is 11.3 Å². The molecule has 0 saturated heterocycles. The molecule has 1 rings (SSSR count). The van der Waals surface area contributed by atoms with E-state index in [1.54, 1.807) is 30.3 Å². The number of hydrogen-bond acceptors (Lipinski definition) is 3. The van der Waals surface area contributed by atoms with Gasteiger partial charge >= 0.3 is 0 Å². The van der Waals surface area contributed by atoms with Crippen molar-refractivity contribution in [3.63, 3.8) is 0 Å². The molecular weight excluding hydrogens is 204 g/mol. The van der Waals surface area contributed by atoms with E-state index in [0.717, 1.165) is 0 Å². The van der Waals surface area contributed by atoms with E-state index in [2.05, 4.69) is 5.32 Å². The quantitative estimate of drug-likeness (QED) is 0.613. The number of nitrogens with zero attached hydrogens (tertiary/aromatic N) is 1. The van der Waals surface area contributed by atoms with Gasteiger partial charge < -0.3 is 5.32 Å². The van der Waals surface area contributed by atoms with E-state index in [4.69, 9.17) is 5.26 Å². The molecule has 1 amide bonds. The van der Waals surface area contributed by atoms with Crippen LogP contribution in [0.25, 0.3) is 6.08 Å². The molecule has 0 aromatic heterocycles. The second kappa shape index (κ2) is 5.47. The Morgan fingerprint density at radius 3 is 2.44 bits per heavy atom. The summed E-state index contributed by atoms with van der Waals surface area (Å²) in [6.45, 7) is 1.42. The van der Waals surface area contributed by atoms with Gasteiger partial charge in [0.2, 0.25) is 12.2 Å². The summed E-state index contributed by atoms with van der Waals surface area (Å²) in [5.41, 5.74) is 1.31. The standard InChI is InChI=1S/C12H9N2O2/c1-9(16)14-12-4-2-10(3-5-12)6-11(7-13)8-15/h2-6H,1H3,(H,14,16)/b11-6+. The Bertz CT molecular complexity index is 467. The third-order valence-electron chi connectivity index (χ3n) is 1.77. The number of anilines is 1. The summed E-state index contributed by atoms with van der Waals surface area (Å²) in [7, 11) is 0. The van der Waals surface area contributed by atoms with Crippen molar-refractivity contribution in [1.29, 1.82) is 5.26 Å². The highest BCUT2D eigenvalue weighted by molar-refractivity contribution is 5.89. The Balaban J connectivity index is 2.87. The summed E-state index contributed by atoms with van der Waals surface area (Å²) in [6, 6.07) is 8.48. The van der Waals surface area contributed by atoms with Crippen LogP contribution in [0.15, 0.2) is 29.8 Å². The van der Waals surface area contributed by atoms with Gasteiger partial charge in [-0.25, -0.2) is 0 Å². The lowest BCUT2D eigenvalue weighted by Gasteiger charge is -2.01. The zero-order valence-corrected chi connectivity index (χ0v) is 8.65. The molecule has 0 unspecified atom stereocenters. The van der Waals surface area contributed by atoms with E-state index in [-0.39, 0.29) is 11.5 Å². The molecule has 0 spiro atoms. The maximum Gasteiger partial charge on any atom is 0.244 e. The smallest absolute Gasteiger partial charge is 0.244 e. The molecule has 1 N–H and O–H groups in total. The normalized spacial score (nSPS) is 10.4. The van der Waals surface area contributed by atoms with Crippen LogP contribution in [0.2, 0.25) is 0 Å². The highest BCUT2D eigenvalue weighted by Crippen LogP contribution is 2.11. The van der Waals surface area contributed by atoms with Crippen LogP contribution in [0.4, 0.5) is 5.69 Å². The summed E-state index contributed by atoms with van der Waals surface area (Å²) in [6.07, 6.45) is 2.95. The van der Waals surface area contributed by atoms with Gasteiger partial charge in [0.1, 0.15) is 11.6 Å². The van der Waals surface area contributed by atoms with Crippen molar-refractivity contribution in [1.82, 2.24) is 0 Å². The summed E-state index contributed by atoms with van der Waals surface area (Å²) < 4.78 is 0. The molecule has 0 atom stereocenters. The molecule has 4 heteroatoms. The van der Waals surface area contributed by atoms with Crippen molar-refractivity contribution >= 4 is 24.0 Å². The fourth-order valence-corrected chi connectivity index (χ4v) is 1.12. The first-order valence-electron chi connectivity index (χ1n) is 4.53. The van der Waals surface area contributed by atoms with Crippen LogP contribution >= 0.6 is 0 Å². The largest absolute Gasteiger partial charge is 0.326 e. The molecule has 0 aliphatic rings. The van der Waals surface area contributed by atoms with Crippen molar-refractivity contribution in [2.45, 2.75) is 6.92 Å². The van der Waals surface area contributed by atoms with Crippen molar-refractivity contribution in [2.24, 2.45) is 0 Å². The van der Waals surface area contributed by atoms with Crippen LogP contribution in [-0.4, -0.2) is 12.2 Å². The Labute approximate surface area is 93.2 Å². The second-order valence-corrected chi connectivity index (χ2v) is 3.08. The lowest BCUT2D eigenvalue weighted by molar-refractivity contribution is -0.114. The second-order valence-electron chi connectivity index (χ2n) is 3.08. The number of amides is 1. The molecule has 0 aliphatic heterocycles. The summed E-state index contributed by atoms with van der Waals surface area (Å²) in [5, 5.41) is 11.1. The third-order valence-corrected chi connectivity index (χ3v) is 1.77. The van der Waals surface area contributed by atoms with E-state index >= 15 is 0 Å². The molecule has 1 aromatic carbocycles. The molecule has 0 aliphatic carbocycles. The van der Waals surface area contributed by atoms with E-state index in [1.807, 2.05) is 0 Å². The minimum absolute atomic E-state index is 0.0627. The molecule has 0 fully saturated rings. The van der Waals surface area contributed by atoms with Crippen LogP contribution in [0.5, 0.6) is 0 Å². The van der Waals surface area contributed by atoms with Gasteiger partial charge in [-0.05, 0) is 23.8 Å². The minimum atomic E-state index is -0.151. The van der Waals surface area contributed by atoms with Gasteiger partial charge in [0.25, 0.3) is 0 Å². The zero-order chi connectivity index (χ0) is 12.0. The predicted octanol–water partition coefficient (Wildman–Crippen LogP) is 1.66. The van der Waals surface area contributed by atoms with E-state index in [9.17, 15) is 9.59 Å². The predicted molar refractivity (Wildman–Crippen MR) is 60.0 cm³/mol. The third kappa shape index (κ3) is 3.39. The summed E-state index contributed by atoms with van der Waals surface area (Å²) in [4.78, 5) is 21.0. The van der Waals surface area contributed by atoms with Crippen LogP contribution in [0, 0.1) is 11.3 Å². The monoisotopic (exact) mass is 213 g/mol. The van der Waals surface area contributed by atoms with Crippen LogP contribution in [-0.2, 0) is 9.59 Å². The number of carbonyl (C=O) groups is 1. The van der Waals surface area contributed by atoms with Gasteiger partial charge in [-0.3, -0.25) is 9.59 Å². The number of carbonyl (C=O) groups excluding carboxylic acids is 2. The summed E-state index contributed by atoms with van der Waals surface area (Å²) in [5.74, 6) is -0.151. The fourth-order valence-electron chi connectivity index (χ4n) is 1.12. The first-order chi connectivity index (χ1) is 7.65. The van der Waals surface area contributed by atoms with Gasteiger partial charge in [-0.2, -0.15) is 5.26 Å². The molecule has 16 heavy (non-hydrogen) atoms. The first kappa shape index (κ1) is 11.7. The van der Waals surface area contributed by atoms with E-state index < -0.39 is 0 Å². The Morgan fingerprint density at radius 1 is 1.38 bits per heavy atom. The lowest BCUT2D eigenvalue weighted by Crippen LogP contribution is -2.05. The van der Waals surface area contributed by atoms with Gasteiger partial charge in [0.05, 0.1) is 0 Å². The molecule has 79 valence electrons. The Morgan fingerprint density at radius 2 is 2.00 bits per heavy atom. The molecule has 4 nitrogen and oxygen atoms in total. The molecule has 0 bridgehead atoms. The van der Waals surface area contributed by atoms with E-state index in [1.165, 1.54) is 19.3 Å². The highest BCUT2D eigenvalue weighted by Gasteiger charge is 1.97. The Hall–Kier alpha value is -2.41. The van der Waals surface area contributed by atoms with Crippen LogP contribution in [0.3, 0.4) is 0 Å². The van der Waals surface area contributed by atoms with Gasteiger partial charge in [0.15, 0.2) is 0 Å². The van der Waals surface area contributed by atoms with Crippen molar-refractivity contribution in [3.8, 4) is 6.07 Å². The fraction of sp³-hybridized carbons (Fsp3) is 0.0833. The highest BCUT2D eigenvalue weighted by atomic mass is 16.1. The average molecular weight is 213 g/mol. The van der Waals surface area contributed by atoms with Crippen molar-refractivity contribution in [3.05, 3.63) is 35.4 Å². The number of nitriles is 1. The Kier molecular flexibility index (Phi) is 3.98. The molecule has 1 radical (unpaired) electrons. The van der Waals surface area contributed by atoms with Gasteiger partial charge in [-0.1, -0.05) is 12.1 Å². The van der Waals surface area contributed by atoms with Crippen molar-refractivity contribution < 1.29 is 9.59 Å². The first-order valence-corrected chi connectivity index (χ1v) is 4.53. The molecular formula is C12H9N2O2. The number of rotatable bonds is 3. The van der Waals surface area contributed by atoms with Crippen LogP contribution in [0.1, 0.15) is 12.5 Å².